The lowest BCUT2D eigenvalue weighted by molar-refractivity contribution is -0.161. The normalized spacial score (nSPS) is 14.5. The summed E-state index contributed by atoms with van der Waals surface area (Å²) in [6.07, 6.45) is 80.7. The Balaban J connectivity index is 5.40. The highest BCUT2D eigenvalue weighted by molar-refractivity contribution is 7.47. The van der Waals surface area contributed by atoms with Crippen LogP contribution in [0.3, 0.4) is 0 Å². The van der Waals surface area contributed by atoms with Crippen LogP contribution in [0, 0.1) is 0 Å². The number of allylic oxidation sites excluding steroid dienone is 18. The first-order valence-corrected chi connectivity index (χ1v) is 43.1. The molecule has 0 saturated heterocycles. The van der Waals surface area contributed by atoms with Crippen molar-refractivity contribution in [3.8, 4) is 0 Å². The van der Waals surface area contributed by atoms with Crippen LogP contribution in [-0.4, -0.2) is 96.7 Å². The fourth-order valence-electron chi connectivity index (χ4n) is 10.7. The van der Waals surface area contributed by atoms with E-state index < -0.39 is 97.5 Å². The monoisotopic (exact) mass is 1470 g/mol. The van der Waals surface area contributed by atoms with Gasteiger partial charge < -0.3 is 33.8 Å². The van der Waals surface area contributed by atoms with Crippen LogP contribution < -0.4 is 0 Å². The molecule has 0 saturated carbocycles. The molecule has 0 radical (unpaired) electrons. The average Bonchev–Trinajstić information content (AvgIpc) is 0.908. The van der Waals surface area contributed by atoms with E-state index in [0.29, 0.717) is 32.1 Å². The van der Waals surface area contributed by atoms with Crippen molar-refractivity contribution in [2.24, 2.45) is 0 Å². The molecule has 0 aromatic heterocycles. The maximum absolute atomic E-state index is 13.1. The highest BCUT2D eigenvalue weighted by Crippen LogP contribution is 2.45. The van der Waals surface area contributed by atoms with E-state index in [1.807, 2.05) is 12.2 Å². The molecule has 102 heavy (non-hydrogen) atoms. The van der Waals surface area contributed by atoms with Crippen molar-refractivity contribution in [3.63, 3.8) is 0 Å². The molecule has 0 bridgehead atoms. The third kappa shape index (κ3) is 74.0. The van der Waals surface area contributed by atoms with Gasteiger partial charge in [-0.15, -0.1) is 0 Å². The molecule has 19 heteroatoms. The van der Waals surface area contributed by atoms with Crippen LogP contribution in [-0.2, 0) is 65.4 Å². The lowest BCUT2D eigenvalue weighted by Crippen LogP contribution is -2.30. The molecule has 3 N–H and O–H groups in total. The largest absolute Gasteiger partial charge is 0.472 e. The van der Waals surface area contributed by atoms with Crippen LogP contribution in [0.15, 0.2) is 109 Å². The number of aliphatic hydroxyl groups excluding tert-OH is 1. The summed E-state index contributed by atoms with van der Waals surface area (Å²) in [6.45, 7) is 4.60. The molecule has 5 atom stereocenters. The molecular formula is C83H144O17P2. The van der Waals surface area contributed by atoms with Gasteiger partial charge in [0.2, 0.25) is 0 Å². The Labute approximate surface area is 619 Å². The first kappa shape index (κ1) is 97.7. The Bertz CT molecular complexity index is 2360. The minimum absolute atomic E-state index is 0.0842. The second-order valence-electron chi connectivity index (χ2n) is 26.6. The van der Waals surface area contributed by atoms with Gasteiger partial charge in [-0.25, -0.2) is 9.13 Å². The van der Waals surface area contributed by atoms with Gasteiger partial charge in [-0.05, 0) is 103 Å². The number of hydrogen-bond acceptors (Lipinski definition) is 15. The van der Waals surface area contributed by atoms with E-state index in [0.717, 1.165) is 135 Å². The predicted octanol–water partition coefficient (Wildman–Crippen LogP) is 23.3. The zero-order valence-electron chi connectivity index (χ0n) is 64.3. The van der Waals surface area contributed by atoms with Crippen LogP contribution in [0.25, 0.3) is 0 Å². The summed E-state index contributed by atoms with van der Waals surface area (Å²) in [5.74, 6) is -2.25. The highest BCUT2D eigenvalue weighted by atomic mass is 31.2. The molecule has 0 spiro atoms. The van der Waals surface area contributed by atoms with Gasteiger partial charge in [0.15, 0.2) is 12.2 Å². The fraction of sp³-hybridized carbons (Fsp3) is 0.735. The number of rotatable bonds is 75. The molecule has 588 valence electrons. The number of unbranched alkanes of at least 4 members (excludes halogenated alkanes) is 31. The van der Waals surface area contributed by atoms with Crippen molar-refractivity contribution in [2.45, 2.75) is 354 Å². The third-order valence-electron chi connectivity index (χ3n) is 16.8. The number of carbonyl (C=O) groups is 4. The molecule has 0 amide bonds. The molecule has 0 aromatic carbocycles. The molecule has 0 fully saturated rings. The van der Waals surface area contributed by atoms with Crippen molar-refractivity contribution in [3.05, 3.63) is 109 Å². The summed E-state index contributed by atoms with van der Waals surface area (Å²) in [5.41, 5.74) is 0. The van der Waals surface area contributed by atoms with Gasteiger partial charge >= 0.3 is 39.5 Å². The standard InChI is InChI=1S/C83H144O17P2/c1-5-9-13-17-21-25-29-33-36-38-41-44-47-51-55-59-63-67-80(85)93-73-78(99-82(87)69-65-61-57-53-49-43-32-28-24-20-16-12-8-4)75-97-101(89,90)95-71-77(84)72-96-102(91,92)98-76-79(100-83(88)70-66-62-58-54-50-46-40-35-31-27-23-19-15-11-7-3)74-94-81(86)68-64-60-56-52-48-45-42-39-37-34-30-26-22-18-14-10-6-2/h9-10,13-14,21-22,25-26,33-34,36-37,41-42,44-45,51,55,77-79,84H,5-8,11-12,15-20,23-24,27-32,35,38-40,43,46-50,52-54,56-76H2,1-4H3,(H,89,90)(H,91,92)/b13-9-,14-10-,25-21-,26-22-,36-33-,37-34-,44-41-,45-42-,55-51-. The van der Waals surface area contributed by atoms with Gasteiger partial charge in [-0.1, -0.05) is 317 Å². The van der Waals surface area contributed by atoms with Gasteiger partial charge in [-0.3, -0.25) is 37.3 Å². The number of phosphoric acid groups is 2. The number of ether oxygens (including phenoxy) is 4. The molecular weight excluding hydrogens is 1330 g/mol. The smallest absolute Gasteiger partial charge is 0.462 e. The predicted molar refractivity (Wildman–Crippen MR) is 418 cm³/mol. The van der Waals surface area contributed by atoms with Crippen molar-refractivity contribution in [1.29, 1.82) is 0 Å². The summed E-state index contributed by atoms with van der Waals surface area (Å²) in [5, 5.41) is 10.6. The number of aliphatic hydroxyl groups is 1. The van der Waals surface area contributed by atoms with Crippen LogP contribution >= 0.6 is 15.6 Å². The van der Waals surface area contributed by atoms with Crippen molar-refractivity contribution < 1.29 is 80.2 Å². The Morgan fingerprint density at radius 3 is 0.824 bits per heavy atom. The van der Waals surface area contributed by atoms with Crippen molar-refractivity contribution in [2.75, 3.05) is 39.6 Å². The summed E-state index contributed by atoms with van der Waals surface area (Å²) >= 11 is 0. The fourth-order valence-corrected chi connectivity index (χ4v) is 12.3. The highest BCUT2D eigenvalue weighted by Gasteiger charge is 2.30. The Kier molecular flexibility index (Phi) is 71.8. The van der Waals surface area contributed by atoms with Crippen molar-refractivity contribution >= 4 is 39.5 Å². The lowest BCUT2D eigenvalue weighted by atomic mass is 10.0. The van der Waals surface area contributed by atoms with Gasteiger partial charge in [-0.2, -0.15) is 0 Å². The number of phosphoric ester groups is 2. The van der Waals surface area contributed by atoms with Crippen LogP contribution in [0.1, 0.15) is 336 Å². The van der Waals surface area contributed by atoms with E-state index in [1.54, 1.807) is 0 Å². The van der Waals surface area contributed by atoms with E-state index >= 15 is 0 Å². The van der Waals surface area contributed by atoms with Gasteiger partial charge in [0.1, 0.15) is 19.3 Å². The maximum atomic E-state index is 13.1. The molecule has 0 heterocycles. The quantitative estimate of drug-likeness (QED) is 0.0169. The zero-order valence-corrected chi connectivity index (χ0v) is 66.0. The third-order valence-corrected chi connectivity index (χ3v) is 18.7. The minimum atomic E-state index is -4.99. The van der Waals surface area contributed by atoms with E-state index in [9.17, 15) is 43.2 Å². The van der Waals surface area contributed by atoms with Gasteiger partial charge in [0.25, 0.3) is 0 Å². The summed E-state index contributed by atoms with van der Waals surface area (Å²) in [6, 6.07) is 0. The molecule has 17 nitrogen and oxygen atoms in total. The second kappa shape index (κ2) is 75.0. The van der Waals surface area contributed by atoms with E-state index in [1.165, 1.54) is 116 Å². The Hall–Kier alpha value is -4.28. The topological polar surface area (TPSA) is 237 Å². The average molecular weight is 1480 g/mol. The second-order valence-corrected chi connectivity index (χ2v) is 29.5. The zero-order chi connectivity index (χ0) is 74.6. The number of hydrogen-bond donors (Lipinski definition) is 3. The molecule has 0 aliphatic heterocycles. The van der Waals surface area contributed by atoms with Crippen molar-refractivity contribution in [1.82, 2.24) is 0 Å². The molecule has 0 aliphatic carbocycles. The van der Waals surface area contributed by atoms with E-state index in [4.69, 9.17) is 37.0 Å². The first-order chi connectivity index (χ1) is 49.7. The van der Waals surface area contributed by atoms with Crippen LogP contribution in [0.4, 0.5) is 0 Å². The minimum Gasteiger partial charge on any atom is -0.462 e. The maximum Gasteiger partial charge on any atom is 0.472 e. The molecule has 0 rings (SSSR count). The van der Waals surface area contributed by atoms with Gasteiger partial charge in [0, 0.05) is 25.7 Å². The summed E-state index contributed by atoms with van der Waals surface area (Å²) in [4.78, 5) is 73.0. The summed E-state index contributed by atoms with van der Waals surface area (Å²) in [7, 11) is -9.97. The Morgan fingerprint density at radius 1 is 0.284 bits per heavy atom. The number of esters is 4. The molecule has 5 unspecified atom stereocenters. The number of carbonyl (C=O) groups excluding carboxylic acids is 4. The molecule has 0 aromatic rings. The van der Waals surface area contributed by atoms with Crippen LogP contribution in [0.2, 0.25) is 0 Å². The van der Waals surface area contributed by atoms with E-state index in [2.05, 4.69) is 125 Å². The van der Waals surface area contributed by atoms with Gasteiger partial charge in [0.05, 0.1) is 26.4 Å². The van der Waals surface area contributed by atoms with E-state index in [-0.39, 0.29) is 25.7 Å². The van der Waals surface area contributed by atoms with Crippen LogP contribution in [0.5, 0.6) is 0 Å². The SMILES string of the molecule is CC/C=C\C/C=C\C/C=C\C/C=C\C/C=C\CCCC(=O)OCC(COP(=O)(O)OCC(O)COP(=O)(O)OCC(COC(=O)CCCCCC/C=C\C/C=C\C/C=C\C/C=C\CC)OC(=O)CCCCCCCCCCCCCCCCC)OC(=O)CCCCCCCCCCCCCCC. The summed E-state index contributed by atoms with van der Waals surface area (Å²) < 4.78 is 68.6. The lowest BCUT2D eigenvalue weighted by Gasteiger charge is -2.21. The molecule has 0 aliphatic rings. The first-order valence-electron chi connectivity index (χ1n) is 40.1. The Morgan fingerprint density at radius 2 is 0.520 bits per heavy atom.